The van der Waals surface area contributed by atoms with Crippen molar-refractivity contribution >= 4 is 0 Å². The first-order valence-corrected chi connectivity index (χ1v) is 10.5. The third kappa shape index (κ3) is 10.8. The fourth-order valence-electron chi connectivity index (χ4n) is 2.60. The summed E-state index contributed by atoms with van der Waals surface area (Å²) < 4.78 is 21.9. The van der Waals surface area contributed by atoms with E-state index in [1.165, 1.54) is 0 Å². The summed E-state index contributed by atoms with van der Waals surface area (Å²) in [4.78, 5) is 0. The van der Waals surface area contributed by atoms with E-state index in [2.05, 4.69) is 0 Å². The molecular formula is C22H38O9. The van der Waals surface area contributed by atoms with Gasteiger partial charge in [-0.3, -0.25) is 0 Å². The fraction of sp³-hybridized carbons (Fsp3) is 0.727. The normalized spacial score (nSPS) is 12.4. The summed E-state index contributed by atoms with van der Waals surface area (Å²) in [5, 5.41) is 47.1. The molecule has 0 unspecified atom stereocenters. The van der Waals surface area contributed by atoms with Crippen LogP contribution >= 0.6 is 0 Å². The molecule has 0 saturated heterocycles. The Hall–Kier alpha value is -1.14. The molecule has 0 spiro atoms. The standard InChI is InChI=1S/C22H38O9/c23-11-21(12-24,13-25)16-30-19-31-18-22(14-26,15-27)17-29-9-5-4-8-28-10-20-6-2-1-3-7-20/h1-3,6-7,23-27H,4-5,8-19H2. The molecule has 0 aliphatic heterocycles. The average Bonchev–Trinajstić information content (AvgIpc) is 2.83. The first-order valence-electron chi connectivity index (χ1n) is 10.5. The van der Waals surface area contributed by atoms with Gasteiger partial charge in [0.1, 0.15) is 6.79 Å². The van der Waals surface area contributed by atoms with E-state index >= 15 is 0 Å². The summed E-state index contributed by atoms with van der Waals surface area (Å²) in [6, 6.07) is 9.95. The number of aliphatic hydroxyl groups excluding tert-OH is 5. The van der Waals surface area contributed by atoms with Crippen LogP contribution in [0.5, 0.6) is 0 Å². The van der Waals surface area contributed by atoms with Gasteiger partial charge < -0.3 is 44.5 Å². The third-order valence-corrected chi connectivity index (χ3v) is 5.01. The lowest BCUT2D eigenvalue weighted by Gasteiger charge is -2.30. The summed E-state index contributed by atoms with van der Waals surface area (Å²) in [5.74, 6) is 0. The summed E-state index contributed by atoms with van der Waals surface area (Å²) in [6.07, 6.45) is 1.63. The van der Waals surface area contributed by atoms with Crippen molar-refractivity contribution in [2.24, 2.45) is 10.8 Å². The van der Waals surface area contributed by atoms with Crippen molar-refractivity contribution in [2.75, 3.05) is 72.9 Å². The zero-order chi connectivity index (χ0) is 22.8. The fourth-order valence-corrected chi connectivity index (χ4v) is 2.60. The van der Waals surface area contributed by atoms with E-state index in [4.69, 9.17) is 18.9 Å². The van der Waals surface area contributed by atoms with Gasteiger partial charge >= 0.3 is 0 Å². The molecule has 0 aliphatic rings. The van der Waals surface area contributed by atoms with Crippen molar-refractivity contribution in [3.8, 4) is 0 Å². The second kappa shape index (κ2) is 16.5. The predicted octanol–water partition coefficient (Wildman–Crippen LogP) is -0.0750. The molecular weight excluding hydrogens is 408 g/mol. The Kier molecular flexibility index (Phi) is 14.8. The van der Waals surface area contributed by atoms with Gasteiger partial charge in [0.15, 0.2) is 0 Å². The number of hydrogen-bond acceptors (Lipinski definition) is 9. The summed E-state index contributed by atoms with van der Waals surface area (Å²) in [5.41, 5.74) is -0.967. The maximum Gasteiger partial charge on any atom is 0.146 e. The van der Waals surface area contributed by atoms with Crippen LogP contribution in [0.4, 0.5) is 0 Å². The molecule has 9 nitrogen and oxygen atoms in total. The second-order valence-corrected chi connectivity index (χ2v) is 7.90. The van der Waals surface area contributed by atoms with Crippen molar-refractivity contribution < 1.29 is 44.5 Å². The van der Waals surface area contributed by atoms with E-state index in [1.54, 1.807) is 0 Å². The Balaban J connectivity index is 2.16. The highest BCUT2D eigenvalue weighted by Gasteiger charge is 2.31. The van der Waals surface area contributed by atoms with Crippen LogP contribution in [-0.2, 0) is 25.6 Å². The van der Waals surface area contributed by atoms with Crippen LogP contribution in [0.3, 0.4) is 0 Å². The molecule has 0 aromatic heterocycles. The first-order chi connectivity index (χ1) is 15.1. The lowest BCUT2D eigenvalue weighted by molar-refractivity contribution is -0.146. The number of aliphatic hydroxyl groups is 5. The largest absolute Gasteiger partial charge is 0.396 e. The Bertz CT molecular complexity index is 525. The molecule has 1 aromatic carbocycles. The molecule has 1 aromatic rings. The van der Waals surface area contributed by atoms with E-state index in [9.17, 15) is 25.5 Å². The van der Waals surface area contributed by atoms with Crippen LogP contribution in [0.2, 0.25) is 0 Å². The van der Waals surface area contributed by atoms with Crippen LogP contribution in [0, 0.1) is 10.8 Å². The Morgan fingerprint density at radius 2 is 1.06 bits per heavy atom. The number of unbranched alkanes of at least 4 members (excludes halogenated alkanes) is 1. The van der Waals surface area contributed by atoms with E-state index < -0.39 is 30.7 Å². The maximum absolute atomic E-state index is 9.68. The van der Waals surface area contributed by atoms with Crippen molar-refractivity contribution in [2.45, 2.75) is 19.4 Å². The third-order valence-electron chi connectivity index (χ3n) is 5.01. The molecule has 0 saturated carbocycles. The van der Waals surface area contributed by atoms with E-state index in [0.29, 0.717) is 19.8 Å². The van der Waals surface area contributed by atoms with Gasteiger partial charge in [-0.15, -0.1) is 0 Å². The Morgan fingerprint density at radius 1 is 0.581 bits per heavy atom. The van der Waals surface area contributed by atoms with Gasteiger partial charge in [0, 0.05) is 13.2 Å². The van der Waals surface area contributed by atoms with Crippen molar-refractivity contribution in [1.29, 1.82) is 0 Å². The van der Waals surface area contributed by atoms with Crippen molar-refractivity contribution in [1.82, 2.24) is 0 Å². The van der Waals surface area contributed by atoms with Gasteiger partial charge in [-0.25, -0.2) is 0 Å². The highest BCUT2D eigenvalue weighted by atomic mass is 16.7. The van der Waals surface area contributed by atoms with E-state index in [1.807, 2.05) is 30.3 Å². The minimum Gasteiger partial charge on any atom is -0.396 e. The number of hydrogen-bond donors (Lipinski definition) is 5. The van der Waals surface area contributed by atoms with Gasteiger partial charge in [0.25, 0.3) is 0 Å². The monoisotopic (exact) mass is 446 g/mol. The average molecular weight is 447 g/mol. The second-order valence-electron chi connectivity index (χ2n) is 7.90. The van der Waals surface area contributed by atoms with Gasteiger partial charge in [-0.1, -0.05) is 30.3 Å². The molecule has 0 heterocycles. The molecule has 180 valence electrons. The summed E-state index contributed by atoms with van der Waals surface area (Å²) in [6.45, 7) is -0.395. The number of rotatable bonds is 20. The Labute approximate surface area is 184 Å². The quantitative estimate of drug-likeness (QED) is 0.138. The SMILES string of the molecule is OCC(CO)(CO)COCOCC(CO)(CO)COCCCCOCc1ccccc1. The molecule has 0 atom stereocenters. The van der Waals surface area contributed by atoms with Crippen LogP contribution in [0.1, 0.15) is 18.4 Å². The van der Waals surface area contributed by atoms with Crippen molar-refractivity contribution in [3.63, 3.8) is 0 Å². The maximum atomic E-state index is 9.68. The predicted molar refractivity (Wildman–Crippen MR) is 113 cm³/mol. The van der Waals surface area contributed by atoms with Gasteiger partial charge in [0.05, 0.1) is 70.3 Å². The molecule has 5 N–H and O–H groups in total. The Morgan fingerprint density at radius 3 is 1.61 bits per heavy atom. The topological polar surface area (TPSA) is 138 Å². The van der Waals surface area contributed by atoms with E-state index in [0.717, 1.165) is 18.4 Å². The van der Waals surface area contributed by atoms with Crippen LogP contribution in [0.25, 0.3) is 0 Å². The smallest absolute Gasteiger partial charge is 0.146 e. The summed E-state index contributed by atoms with van der Waals surface area (Å²) in [7, 11) is 0. The zero-order valence-corrected chi connectivity index (χ0v) is 18.2. The minimum absolute atomic E-state index is 0.00453. The first kappa shape index (κ1) is 27.9. The van der Waals surface area contributed by atoms with Crippen LogP contribution in [-0.4, -0.2) is 98.4 Å². The molecule has 1 rings (SSSR count). The molecule has 0 amide bonds. The number of ether oxygens (including phenoxy) is 4. The zero-order valence-electron chi connectivity index (χ0n) is 18.2. The van der Waals surface area contributed by atoms with Crippen LogP contribution < -0.4 is 0 Å². The van der Waals surface area contributed by atoms with Gasteiger partial charge in [-0.2, -0.15) is 0 Å². The van der Waals surface area contributed by atoms with Crippen molar-refractivity contribution in [3.05, 3.63) is 35.9 Å². The molecule has 31 heavy (non-hydrogen) atoms. The number of benzene rings is 1. The molecule has 0 bridgehead atoms. The highest BCUT2D eigenvalue weighted by Crippen LogP contribution is 2.18. The summed E-state index contributed by atoms with van der Waals surface area (Å²) >= 11 is 0. The molecule has 0 fully saturated rings. The molecule has 0 radical (unpaired) electrons. The minimum atomic E-state index is -1.14. The van der Waals surface area contributed by atoms with Crippen LogP contribution in [0.15, 0.2) is 30.3 Å². The van der Waals surface area contributed by atoms with Gasteiger partial charge in [0.2, 0.25) is 0 Å². The van der Waals surface area contributed by atoms with Gasteiger partial charge in [-0.05, 0) is 18.4 Å². The lowest BCUT2D eigenvalue weighted by atomic mass is 9.92. The lowest BCUT2D eigenvalue weighted by Crippen LogP contribution is -2.41. The molecule has 9 heteroatoms. The molecule has 0 aliphatic carbocycles. The highest BCUT2D eigenvalue weighted by molar-refractivity contribution is 5.13. The van der Waals surface area contributed by atoms with E-state index in [-0.39, 0.29) is 39.8 Å².